The zero-order valence-electron chi connectivity index (χ0n) is 11.4. The summed E-state index contributed by atoms with van der Waals surface area (Å²) in [6.45, 7) is 6.16. The van der Waals surface area contributed by atoms with Crippen molar-refractivity contribution in [2.45, 2.75) is 33.6 Å². The van der Waals surface area contributed by atoms with Crippen molar-refractivity contribution in [3.8, 4) is 0 Å². The van der Waals surface area contributed by atoms with E-state index < -0.39 is 0 Å². The highest BCUT2D eigenvalue weighted by Gasteiger charge is 2.26. The lowest BCUT2D eigenvalue weighted by atomic mass is 9.86. The first kappa shape index (κ1) is 13.5. The molecular formula is C13H18N4O2. The molecule has 2 amide bonds. The van der Waals surface area contributed by atoms with Crippen LogP contribution in [0, 0.1) is 12.8 Å². The van der Waals surface area contributed by atoms with Crippen molar-refractivity contribution in [2.75, 3.05) is 11.9 Å². The molecule has 1 heterocycles. The second-order valence-corrected chi connectivity index (χ2v) is 4.88. The molecule has 6 heteroatoms. The van der Waals surface area contributed by atoms with Crippen LogP contribution in [0.3, 0.4) is 0 Å². The second-order valence-electron chi connectivity index (χ2n) is 4.88. The molecule has 2 rings (SSSR count). The molecular weight excluding hydrogens is 244 g/mol. The first-order valence-electron chi connectivity index (χ1n) is 6.46. The van der Waals surface area contributed by atoms with Crippen LogP contribution < -0.4 is 10.6 Å². The highest BCUT2D eigenvalue weighted by atomic mass is 16.2. The van der Waals surface area contributed by atoms with Crippen LogP contribution >= 0.6 is 0 Å². The van der Waals surface area contributed by atoms with Gasteiger partial charge in [-0.25, -0.2) is 14.8 Å². The highest BCUT2D eigenvalue weighted by Crippen LogP contribution is 2.26. The van der Waals surface area contributed by atoms with Gasteiger partial charge in [-0.3, -0.25) is 10.1 Å². The lowest BCUT2D eigenvalue weighted by Gasteiger charge is -2.21. The average Bonchev–Trinajstić information content (AvgIpc) is 2.26. The Morgan fingerprint density at radius 2 is 2.11 bits per heavy atom. The third-order valence-electron chi connectivity index (χ3n) is 3.08. The molecule has 1 aliphatic carbocycles. The van der Waals surface area contributed by atoms with Gasteiger partial charge in [-0.15, -0.1) is 0 Å². The summed E-state index contributed by atoms with van der Waals surface area (Å²) in [5, 5.41) is 5.19. The summed E-state index contributed by atoms with van der Waals surface area (Å²) in [7, 11) is 0. The molecule has 0 radical (unpaired) electrons. The fourth-order valence-electron chi connectivity index (χ4n) is 2.33. The Morgan fingerprint density at radius 1 is 1.37 bits per heavy atom. The van der Waals surface area contributed by atoms with Gasteiger partial charge in [-0.05, 0) is 26.2 Å². The number of aryl methyl sites for hydroxylation is 1. The van der Waals surface area contributed by atoms with E-state index in [0.29, 0.717) is 24.2 Å². The van der Waals surface area contributed by atoms with Gasteiger partial charge in [0.05, 0.1) is 17.0 Å². The lowest BCUT2D eigenvalue weighted by molar-refractivity contribution is 0.0951. The van der Waals surface area contributed by atoms with Gasteiger partial charge < -0.3 is 5.32 Å². The predicted octanol–water partition coefficient (Wildman–Crippen LogP) is 1.69. The number of rotatable bonds is 2. The number of nitrogens with one attached hydrogen (secondary N) is 2. The van der Waals surface area contributed by atoms with E-state index in [9.17, 15) is 9.59 Å². The SMILES string of the molecule is CCNC(=O)Nc1nc(C)c2c(n1)C[C@@H](C)CC2=O. The van der Waals surface area contributed by atoms with Gasteiger partial charge in [-0.1, -0.05) is 6.92 Å². The number of Topliss-reactive ketones (excluding diaryl/α,β-unsaturated/α-hetero) is 1. The maximum Gasteiger partial charge on any atom is 0.321 e. The number of carbonyl (C=O) groups excluding carboxylic acids is 2. The number of ketones is 1. The highest BCUT2D eigenvalue weighted by molar-refractivity contribution is 5.99. The van der Waals surface area contributed by atoms with Gasteiger partial charge in [0.1, 0.15) is 0 Å². The quantitative estimate of drug-likeness (QED) is 0.849. The molecule has 0 aromatic carbocycles. The largest absolute Gasteiger partial charge is 0.338 e. The Morgan fingerprint density at radius 3 is 2.79 bits per heavy atom. The van der Waals surface area contributed by atoms with Crippen LogP contribution in [0.5, 0.6) is 0 Å². The average molecular weight is 262 g/mol. The van der Waals surface area contributed by atoms with Gasteiger partial charge in [0.2, 0.25) is 5.95 Å². The van der Waals surface area contributed by atoms with Crippen LogP contribution in [-0.4, -0.2) is 28.3 Å². The van der Waals surface area contributed by atoms with Crippen molar-refractivity contribution in [2.24, 2.45) is 5.92 Å². The van der Waals surface area contributed by atoms with Crippen LogP contribution in [0.25, 0.3) is 0 Å². The predicted molar refractivity (Wildman–Crippen MR) is 71.3 cm³/mol. The molecule has 1 aromatic rings. The van der Waals surface area contributed by atoms with Crippen LogP contribution in [0.2, 0.25) is 0 Å². The number of carbonyl (C=O) groups is 2. The number of hydrogen-bond donors (Lipinski definition) is 2. The van der Waals surface area contributed by atoms with Gasteiger partial charge in [0.15, 0.2) is 5.78 Å². The maximum absolute atomic E-state index is 12.0. The number of amides is 2. The number of hydrogen-bond acceptors (Lipinski definition) is 4. The molecule has 1 aliphatic rings. The molecule has 0 saturated heterocycles. The van der Waals surface area contributed by atoms with Crippen molar-refractivity contribution in [3.05, 3.63) is 17.0 Å². The van der Waals surface area contributed by atoms with Crippen molar-refractivity contribution >= 4 is 17.8 Å². The Kier molecular flexibility index (Phi) is 3.78. The van der Waals surface area contributed by atoms with Crippen LogP contribution in [-0.2, 0) is 6.42 Å². The van der Waals surface area contributed by atoms with Crippen molar-refractivity contribution in [1.82, 2.24) is 15.3 Å². The van der Waals surface area contributed by atoms with Gasteiger partial charge in [0.25, 0.3) is 0 Å². The molecule has 2 N–H and O–H groups in total. The zero-order valence-corrected chi connectivity index (χ0v) is 11.4. The molecule has 0 unspecified atom stereocenters. The zero-order chi connectivity index (χ0) is 14.0. The third-order valence-corrected chi connectivity index (χ3v) is 3.08. The standard InChI is InChI=1S/C13H18N4O2/c1-4-14-13(19)17-12-15-8(3)11-9(16-12)5-7(2)6-10(11)18/h7H,4-6H2,1-3H3,(H2,14,15,16,17,19)/t7-/m1/s1. The normalized spacial score (nSPS) is 17.8. The summed E-state index contributed by atoms with van der Waals surface area (Å²) >= 11 is 0. The molecule has 102 valence electrons. The minimum absolute atomic E-state index is 0.0933. The van der Waals surface area contributed by atoms with Crippen molar-refractivity contribution < 1.29 is 9.59 Å². The fraction of sp³-hybridized carbons (Fsp3) is 0.538. The smallest absolute Gasteiger partial charge is 0.321 e. The monoisotopic (exact) mass is 262 g/mol. The van der Waals surface area contributed by atoms with Gasteiger partial charge in [0, 0.05) is 13.0 Å². The number of anilines is 1. The van der Waals surface area contributed by atoms with Gasteiger partial charge >= 0.3 is 6.03 Å². The summed E-state index contributed by atoms with van der Waals surface area (Å²) in [6, 6.07) is -0.336. The third kappa shape index (κ3) is 2.89. The van der Waals surface area contributed by atoms with E-state index in [2.05, 4.69) is 20.6 Å². The minimum Gasteiger partial charge on any atom is -0.338 e. The molecule has 0 aliphatic heterocycles. The van der Waals surface area contributed by atoms with E-state index in [1.165, 1.54) is 0 Å². The van der Waals surface area contributed by atoms with E-state index in [4.69, 9.17) is 0 Å². The second kappa shape index (κ2) is 5.34. The summed E-state index contributed by atoms with van der Waals surface area (Å²) in [4.78, 5) is 31.9. The molecule has 19 heavy (non-hydrogen) atoms. The van der Waals surface area contributed by atoms with Crippen molar-refractivity contribution in [1.29, 1.82) is 0 Å². The fourth-order valence-corrected chi connectivity index (χ4v) is 2.33. The maximum atomic E-state index is 12.0. The molecule has 0 spiro atoms. The minimum atomic E-state index is -0.336. The molecule has 0 fully saturated rings. The van der Waals surface area contributed by atoms with Crippen molar-refractivity contribution in [3.63, 3.8) is 0 Å². The first-order chi connectivity index (χ1) is 9.01. The van der Waals surface area contributed by atoms with E-state index in [1.54, 1.807) is 6.92 Å². The van der Waals surface area contributed by atoms with Crippen LogP contribution in [0.15, 0.2) is 0 Å². The van der Waals surface area contributed by atoms with E-state index in [1.807, 2.05) is 13.8 Å². The molecule has 1 atom stereocenters. The van der Waals surface area contributed by atoms with Gasteiger partial charge in [-0.2, -0.15) is 0 Å². The number of nitrogens with zero attached hydrogens (tertiary/aromatic N) is 2. The number of fused-ring (bicyclic) bond motifs is 1. The lowest BCUT2D eigenvalue weighted by Crippen LogP contribution is -2.30. The Hall–Kier alpha value is -1.98. The van der Waals surface area contributed by atoms with Crippen LogP contribution in [0.4, 0.5) is 10.7 Å². The molecule has 0 saturated carbocycles. The first-order valence-corrected chi connectivity index (χ1v) is 6.46. The molecule has 1 aromatic heterocycles. The van der Waals surface area contributed by atoms with E-state index >= 15 is 0 Å². The molecule has 0 bridgehead atoms. The van der Waals surface area contributed by atoms with E-state index in [-0.39, 0.29) is 23.7 Å². The number of urea groups is 1. The Bertz CT molecular complexity index is 528. The van der Waals surface area contributed by atoms with E-state index in [0.717, 1.165) is 12.1 Å². The summed E-state index contributed by atoms with van der Waals surface area (Å²) in [5.41, 5.74) is 2.00. The Labute approximate surface area is 112 Å². The van der Waals surface area contributed by atoms with Crippen LogP contribution in [0.1, 0.15) is 42.0 Å². The number of aromatic nitrogens is 2. The summed E-state index contributed by atoms with van der Waals surface area (Å²) in [5.74, 6) is 0.631. The Balaban J connectivity index is 2.30. The summed E-state index contributed by atoms with van der Waals surface area (Å²) < 4.78 is 0. The summed E-state index contributed by atoms with van der Waals surface area (Å²) in [6.07, 6.45) is 1.29. The molecule has 6 nitrogen and oxygen atoms in total. The topological polar surface area (TPSA) is 84.0 Å².